The van der Waals surface area contributed by atoms with Gasteiger partial charge in [-0.25, -0.2) is 0 Å². The van der Waals surface area contributed by atoms with Gasteiger partial charge in [0.2, 0.25) is 11.8 Å². The van der Waals surface area contributed by atoms with Crippen molar-refractivity contribution in [2.45, 2.75) is 46.1 Å². The second-order valence-electron chi connectivity index (χ2n) is 7.85. The number of carbonyl (C=O) groups excluding carboxylic acids is 3. The van der Waals surface area contributed by atoms with Crippen molar-refractivity contribution >= 4 is 23.4 Å². The van der Waals surface area contributed by atoms with Crippen molar-refractivity contribution in [3.05, 3.63) is 29.3 Å². The molecule has 2 aliphatic rings. The number of aryl methyl sites for hydroxylation is 1. The molecule has 3 rings (SSSR count). The number of hydrogen-bond donors (Lipinski definition) is 2. The zero-order valence-electron chi connectivity index (χ0n) is 15.7. The maximum Gasteiger partial charge on any atom is 0.253 e. The van der Waals surface area contributed by atoms with E-state index >= 15 is 0 Å². The lowest BCUT2D eigenvalue weighted by Gasteiger charge is -2.34. The molecule has 0 radical (unpaired) electrons. The molecule has 2 N–H and O–H groups in total. The van der Waals surface area contributed by atoms with Crippen LogP contribution in [0.5, 0.6) is 0 Å². The molecule has 3 amide bonds. The van der Waals surface area contributed by atoms with Crippen LogP contribution in [-0.4, -0.2) is 41.8 Å². The average Bonchev–Trinajstić information content (AvgIpc) is 2.94. The molecule has 26 heavy (non-hydrogen) atoms. The summed E-state index contributed by atoms with van der Waals surface area (Å²) in [5.74, 6) is 0.492. The predicted molar refractivity (Wildman–Crippen MR) is 99.8 cm³/mol. The van der Waals surface area contributed by atoms with Crippen molar-refractivity contribution < 1.29 is 14.4 Å². The summed E-state index contributed by atoms with van der Waals surface area (Å²) in [5.41, 5.74) is 2.20. The first-order valence-corrected chi connectivity index (χ1v) is 9.32. The van der Waals surface area contributed by atoms with Crippen molar-refractivity contribution in [3.63, 3.8) is 0 Å². The number of benzene rings is 1. The molecule has 1 aromatic carbocycles. The van der Waals surface area contributed by atoms with E-state index in [2.05, 4.69) is 10.6 Å². The fraction of sp³-hybridized carbons (Fsp3) is 0.550. The maximum absolute atomic E-state index is 12.9. The lowest BCUT2D eigenvalue weighted by Crippen LogP contribution is -2.47. The summed E-state index contributed by atoms with van der Waals surface area (Å²) in [6.07, 6.45) is 1.75. The molecule has 2 aliphatic heterocycles. The Morgan fingerprint density at radius 1 is 1.35 bits per heavy atom. The summed E-state index contributed by atoms with van der Waals surface area (Å²) in [7, 11) is 0. The minimum Gasteiger partial charge on any atom is -0.353 e. The van der Waals surface area contributed by atoms with Crippen molar-refractivity contribution in [2.24, 2.45) is 11.8 Å². The summed E-state index contributed by atoms with van der Waals surface area (Å²) in [4.78, 5) is 38.4. The summed E-state index contributed by atoms with van der Waals surface area (Å²) < 4.78 is 0. The lowest BCUT2D eigenvalue weighted by atomic mass is 9.93. The van der Waals surface area contributed by atoms with Crippen LogP contribution in [0.3, 0.4) is 0 Å². The van der Waals surface area contributed by atoms with E-state index in [-0.39, 0.29) is 35.6 Å². The Balaban J connectivity index is 1.70. The van der Waals surface area contributed by atoms with Crippen LogP contribution in [0.1, 0.15) is 49.0 Å². The van der Waals surface area contributed by atoms with Crippen LogP contribution in [0.2, 0.25) is 0 Å². The van der Waals surface area contributed by atoms with E-state index in [0.29, 0.717) is 37.2 Å². The minimum absolute atomic E-state index is 0.0379. The Bertz CT molecular complexity index is 729. The number of amides is 3. The molecular weight excluding hydrogens is 330 g/mol. The Morgan fingerprint density at radius 2 is 2.12 bits per heavy atom. The van der Waals surface area contributed by atoms with Crippen LogP contribution in [-0.2, 0) is 9.59 Å². The Kier molecular flexibility index (Phi) is 5.30. The first-order valence-electron chi connectivity index (χ1n) is 9.32. The van der Waals surface area contributed by atoms with E-state index < -0.39 is 0 Å². The second-order valence-corrected chi connectivity index (χ2v) is 7.85. The van der Waals surface area contributed by atoms with Gasteiger partial charge in [-0.3, -0.25) is 14.4 Å². The highest BCUT2D eigenvalue weighted by molar-refractivity contribution is 5.98. The Morgan fingerprint density at radius 3 is 2.85 bits per heavy atom. The number of nitrogens with zero attached hydrogens (tertiary/aromatic N) is 1. The highest BCUT2D eigenvalue weighted by Crippen LogP contribution is 2.27. The molecule has 2 atom stereocenters. The van der Waals surface area contributed by atoms with Crippen molar-refractivity contribution in [1.82, 2.24) is 10.2 Å². The van der Waals surface area contributed by atoms with Crippen molar-refractivity contribution in [3.8, 4) is 0 Å². The Hall–Kier alpha value is -2.37. The van der Waals surface area contributed by atoms with Gasteiger partial charge >= 0.3 is 0 Å². The van der Waals surface area contributed by atoms with Crippen molar-refractivity contribution in [2.75, 3.05) is 18.4 Å². The molecular formula is C20H27N3O3. The quantitative estimate of drug-likeness (QED) is 0.868. The highest BCUT2D eigenvalue weighted by Gasteiger charge is 2.38. The van der Waals surface area contributed by atoms with E-state index in [1.54, 1.807) is 12.1 Å². The number of hydrogen-bond acceptors (Lipinski definition) is 3. The van der Waals surface area contributed by atoms with Crippen molar-refractivity contribution in [1.29, 1.82) is 0 Å². The third-order valence-electron chi connectivity index (χ3n) is 5.17. The topological polar surface area (TPSA) is 78.5 Å². The molecule has 6 nitrogen and oxygen atoms in total. The molecule has 0 unspecified atom stereocenters. The molecule has 6 heteroatoms. The Labute approximate surface area is 154 Å². The fourth-order valence-electron chi connectivity index (χ4n) is 3.76. The summed E-state index contributed by atoms with van der Waals surface area (Å²) in [6, 6.07) is 5.64. The molecule has 2 fully saturated rings. The van der Waals surface area contributed by atoms with Gasteiger partial charge in [0.05, 0.1) is 0 Å². The smallest absolute Gasteiger partial charge is 0.253 e. The molecule has 2 heterocycles. The van der Waals surface area contributed by atoms with Gasteiger partial charge in [0.15, 0.2) is 0 Å². The largest absolute Gasteiger partial charge is 0.353 e. The third kappa shape index (κ3) is 4.06. The standard InChI is InChI=1S/C20H27N3O3/c1-12(2)8-18(24)22-17-9-14(5-4-13(17)3)20(26)23-7-6-16-15(11-23)10-19(25)21-16/h4-5,9,12,15-16H,6-8,10-11H2,1-3H3,(H,21,25)(H,22,24)/t15-,16+/m1/s1. The number of anilines is 1. The number of fused-ring (bicyclic) bond motifs is 1. The summed E-state index contributed by atoms with van der Waals surface area (Å²) >= 11 is 0. The van der Waals surface area contributed by atoms with Crippen LogP contribution in [0.4, 0.5) is 5.69 Å². The molecule has 2 saturated heterocycles. The molecule has 0 aromatic heterocycles. The fourth-order valence-corrected chi connectivity index (χ4v) is 3.76. The first kappa shape index (κ1) is 18.4. The van der Waals surface area contributed by atoms with Gasteiger partial charge in [-0.05, 0) is 37.0 Å². The van der Waals surface area contributed by atoms with E-state index in [9.17, 15) is 14.4 Å². The summed E-state index contributed by atoms with van der Waals surface area (Å²) in [5, 5.41) is 5.90. The number of nitrogens with one attached hydrogen (secondary N) is 2. The zero-order chi connectivity index (χ0) is 18.8. The SMILES string of the molecule is Cc1ccc(C(=O)N2CC[C@@H]3NC(=O)C[C@@H]3C2)cc1NC(=O)CC(C)C. The summed E-state index contributed by atoms with van der Waals surface area (Å²) in [6.45, 7) is 7.16. The van der Waals surface area contributed by atoms with Gasteiger partial charge in [-0.1, -0.05) is 19.9 Å². The molecule has 0 aliphatic carbocycles. The van der Waals surface area contributed by atoms with E-state index in [1.165, 1.54) is 0 Å². The number of piperidine rings is 1. The molecule has 0 spiro atoms. The van der Waals surface area contributed by atoms with Crippen LogP contribution in [0, 0.1) is 18.8 Å². The molecule has 0 saturated carbocycles. The van der Waals surface area contributed by atoms with Gasteiger partial charge in [-0.2, -0.15) is 0 Å². The van der Waals surface area contributed by atoms with E-state index in [0.717, 1.165) is 12.0 Å². The van der Waals surface area contributed by atoms with Gasteiger partial charge in [0, 0.05) is 49.1 Å². The maximum atomic E-state index is 12.9. The molecule has 140 valence electrons. The van der Waals surface area contributed by atoms with Gasteiger partial charge in [-0.15, -0.1) is 0 Å². The average molecular weight is 357 g/mol. The van der Waals surface area contributed by atoms with Gasteiger partial charge < -0.3 is 15.5 Å². The zero-order valence-corrected chi connectivity index (χ0v) is 15.7. The van der Waals surface area contributed by atoms with Crippen LogP contribution in [0.25, 0.3) is 0 Å². The normalized spacial score (nSPS) is 22.2. The number of carbonyl (C=O) groups is 3. The first-order chi connectivity index (χ1) is 12.3. The molecule has 0 bridgehead atoms. The number of rotatable bonds is 4. The minimum atomic E-state index is -0.0397. The monoisotopic (exact) mass is 357 g/mol. The second kappa shape index (κ2) is 7.48. The van der Waals surface area contributed by atoms with Crippen LogP contribution >= 0.6 is 0 Å². The highest BCUT2D eigenvalue weighted by atomic mass is 16.2. The van der Waals surface area contributed by atoms with Gasteiger partial charge in [0.25, 0.3) is 5.91 Å². The van der Waals surface area contributed by atoms with Crippen LogP contribution < -0.4 is 10.6 Å². The van der Waals surface area contributed by atoms with E-state index in [1.807, 2.05) is 31.7 Å². The third-order valence-corrected chi connectivity index (χ3v) is 5.17. The van der Waals surface area contributed by atoms with Gasteiger partial charge in [0.1, 0.15) is 0 Å². The van der Waals surface area contributed by atoms with E-state index in [4.69, 9.17) is 0 Å². The predicted octanol–water partition coefficient (Wildman–Crippen LogP) is 2.33. The lowest BCUT2D eigenvalue weighted by molar-refractivity contribution is -0.119. The van der Waals surface area contributed by atoms with Crippen LogP contribution in [0.15, 0.2) is 18.2 Å². The molecule has 1 aromatic rings. The number of likely N-dealkylation sites (tertiary alicyclic amines) is 1.